The zero-order chi connectivity index (χ0) is 14.7. The van der Waals surface area contributed by atoms with Crippen molar-refractivity contribution < 1.29 is 17.0 Å². The molecular weight excluding hydrogens is 311 g/mol. The average molecular weight is 333 g/mol. The topological polar surface area (TPSA) is 0 Å². The summed E-state index contributed by atoms with van der Waals surface area (Å²) in [4.78, 5) is 0. The van der Waals surface area contributed by atoms with Gasteiger partial charge in [-0.15, -0.1) is 12.8 Å². The minimum absolute atomic E-state index is 0.556. The van der Waals surface area contributed by atoms with E-state index < -0.39 is 17.0 Å². The van der Waals surface area contributed by atoms with Gasteiger partial charge in [-0.2, -0.15) is 23.3 Å². The van der Waals surface area contributed by atoms with E-state index in [9.17, 15) is 0 Å². The van der Waals surface area contributed by atoms with Crippen LogP contribution in [0.15, 0.2) is 34.4 Å². The molecule has 0 aromatic heterocycles. The third-order valence-electron chi connectivity index (χ3n) is 3.16. The van der Waals surface area contributed by atoms with E-state index in [1.165, 1.54) is 35.1 Å². The molecule has 0 unspecified atom stereocenters. The van der Waals surface area contributed by atoms with Crippen LogP contribution in [0.3, 0.4) is 0 Å². The van der Waals surface area contributed by atoms with Gasteiger partial charge in [0.15, 0.2) is 0 Å². The summed E-state index contributed by atoms with van der Waals surface area (Å²) in [7, 11) is 9.78. The summed E-state index contributed by atoms with van der Waals surface area (Å²) in [6.45, 7) is 8.62. The molecule has 0 aliphatic heterocycles. The molecule has 0 atom stereocenters. The summed E-state index contributed by atoms with van der Waals surface area (Å²) in [6, 6.07) is 0. The number of hydrogen-bond donors (Lipinski definition) is 0. The number of allylic oxidation sites excluding steroid dienone is 8. The minimum atomic E-state index is -0.556. The molecule has 0 saturated heterocycles. The Kier molecular flexibility index (Phi) is 12.2. The molecule has 0 nitrogen and oxygen atoms in total. The molecule has 0 bridgehead atoms. The van der Waals surface area contributed by atoms with Gasteiger partial charge in [0.25, 0.3) is 0 Å². The van der Waals surface area contributed by atoms with Gasteiger partial charge in [-0.05, 0) is 0 Å². The number of halogens is 2. The molecule has 3 heteroatoms. The summed E-state index contributed by atoms with van der Waals surface area (Å²) in [5.74, 6) is 0. The van der Waals surface area contributed by atoms with Gasteiger partial charge >= 0.3 is 35.6 Å². The molecule has 2 rings (SSSR count). The van der Waals surface area contributed by atoms with E-state index >= 15 is 0 Å². The van der Waals surface area contributed by atoms with E-state index in [1.54, 1.807) is 0 Å². The van der Waals surface area contributed by atoms with Crippen molar-refractivity contribution in [3.8, 4) is 0 Å². The Morgan fingerprint density at radius 3 is 1.37 bits per heavy atom. The van der Waals surface area contributed by atoms with Gasteiger partial charge < -0.3 is 0 Å². The normalized spacial score (nSPS) is 16.1. The van der Waals surface area contributed by atoms with Gasteiger partial charge in [-0.1, -0.05) is 40.5 Å². The first-order valence-electron chi connectivity index (χ1n) is 6.60. The predicted molar refractivity (Wildman–Crippen MR) is 82.5 cm³/mol. The van der Waals surface area contributed by atoms with Crippen LogP contribution in [-0.2, 0) is 17.0 Å². The fourth-order valence-corrected chi connectivity index (χ4v) is 2.01. The molecule has 2 aliphatic rings. The molecule has 0 aromatic rings. The standard InChI is InChI=1S/2C8H11.2ClH.Ti/c2*1-3-8-6-4-5-7(8)2;;;/h2*6H,3-4H2,1-2H3;2*1H;/q2*-1;;;+2/p-2. The van der Waals surface area contributed by atoms with Crippen LogP contribution in [0.5, 0.6) is 0 Å². The van der Waals surface area contributed by atoms with Crippen LogP contribution < -0.4 is 0 Å². The van der Waals surface area contributed by atoms with E-state index in [-0.39, 0.29) is 0 Å². The zero-order valence-electron chi connectivity index (χ0n) is 12.2. The Morgan fingerprint density at radius 2 is 1.26 bits per heavy atom. The predicted octanol–water partition coefficient (Wildman–Crippen LogP) is 6.33. The molecule has 0 fully saturated rings. The maximum atomic E-state index is 4.89. The maximum absolute atomic E-state index is 4.89. The van der Waals surface area contributed by atoms with Gasteiger partial charge in [-0.3, -0.25) is 12.2 Å². The first kappa shape index (κ1) is 19.3. The van der Waals surface area contributed by atoms with Crippen LogP contribution in [0.4, 0.5) is 0 Å². The van der Waals surface area contributed by atoms with Crippen LogP contribution in [0.25, 0.3) is 0 Å². The molecule has 2 aliphatic carbocycles. The van der Waals surface area contributed by atoms with Crippen molar-refractivity contribution >= 4 is 18.6 Å². The summed E-state index contributed by atoms with van der Waals surface area (Å²) in [5, 5.41) is 0. The Morgan fingerprint density at radius 1 is 0.947 bits per heavy atom. The molecule has 0 saturated carbocycles. The third kappa shape index (κ3) is 8.20. The van der Waals surface area contributed by atoms with Gasteiger partial charge in [-0.25, -0.2) is 11.1 Å². The van der Waals surface area contributed by atoms with E-state index in [2.05, 4.69) is 52.0 Å². The molecule has 106 valence electrons. The monoisotopic (exact) mass is 332 g/mol. The Bertz CT molecular complexity index is 340. The molecule has 0 radical (unpaired) electrons. The van der Waals surface area contributed by atoms with E-state index in [0.29, 0.717) is 0 Å². The molecule has 0 amide bonds. The second-order valence-corrected chi connectivity index (χ2v) is 6.83. The Labute approximate surface area is 135 Å². The molecule has 19 heavy (non-hydrogen) atoms. The van der Waals surface area contributed by atoms with Crippen molar-refractivity contribution in [2.24, 2.45) is 0 Å². The van der Waals surface area contributed by atoms with Crippen molar-refractivity contribution in [2.75, 3.05) is 0 Å². The molecule has 0 heterocycles. The van der Waals surface area contributed by atoms with Crippen molar-refractivity contribution in [3.05, 3.63) is 46.6 Å². The van der Waals surface area contributed by atoms with Crippen LogP contribution in [0.2, 0.25) is 0 Å². The summed E-state index contributed by atoms with van der Waals surface area (Å²) < 4.78 is 0. The van der Waals surface area contributed by atoms with Crippen LogP contribution in [0, 0.1) is 12.2 Å². The van der Waals surface area contributed by atoms with Crippen LogP contribution >= 0.6 is 18.6 Å². The first-order chi connectivity index (χ1) is 9.10. The summed E-state index contributed by atoms with van der Waals surface area (Å²) >= 11 is -0.556. The van der Waals surface area contributed by atoms with Crippen molar-refractivity contribution in [3.63, 3.8) is 0 Å². The Balaban J connectivity index is 0.000000284. The fourth-order valence-electron chi connectivity index (χ4n) is 2.01. The van der Waals surface area contributed by atoms with Gasteiger partial charge in [0.05, 0.1) is 0 Å². The number of hydrogen-bond acceptors (Lipinski definition) is 0. The van der Waals surface area contributed by atoms with E-state index in [0.717, 1.165) is 12.8 Å². The first-order valence-corrected chi connectivity index (χ1v) is 10.9. The summed E-state index contributed by atoms with van der Waals surface area (Å²) in [5.41, 5.74) is 5.66. The average Bonchev–Trinajstić information content (AvgIpc) is 2.99. The van der Waals surface area contributed by atoms with Crippen LogP contribution in [-0.4, -0.2) is 0 Å². The van der Waals surface area contributed by atoms with Gasteiger partial charge in [0.1, 0.15) is 0 Å². The van der Waals surface area contributed by atoms with Crippen molar-refractivity contribution in [1.29, 1.82) is 0 Å². The van der Waals surface area contributed by atoms with Crippen molar-refractivity contribution in [2.45, 2.75) is 53.4 Å². The molecule has 0 spiro atoms. The van der Waals surface area contributed by atoms with Crippen LogP contribution in [0.1, 0.15) is 53.4 Å². The van der Waals surface area contributed by atoms with Gasteiger partial charge in [0, 0.05) is 0 Å². The van der Waals surface area contributed by atoms with Crippen molar-refractivity contribution in [1.82, 2.24) is 0 Å². The molecular formula is C16H22Cl2Ti-2. The fraction of sp³-hybridized carbons (Fsp3) is 0.500. The Hall–Kier alpha value is 0.254. The zero-order valence-corrected chi connectivity index (χ0v) is 15.3. The van der Waals surface area contributed by atoms with E-state index in [4.69, 9.17) is 18.6 Å². The quantitative estimate of drug-likeness (QED) is 0.409. The van der Waals surface area contributed by atoms with Gasteiger partial charge in [0.2, 0.25) is 0 Å². The summed E-state index contributed by atoms with van der Waals surface area (Å²) in [6.07, 6.45) is 15.4. The van der Waals surface area contributed by atoms with E-state index in [1.807, 2.05) is 0 Å². The number of rotatable bonds is 2. The second-order valence-electron chi connectivity index (χ2n) is 4.25. The molecule has 0 N–H and O–H groups in total. The second kappa shape index (κ2) is 12.0. The molecule has 0 aromatic carbocycles. The third-order valence-corrected chi connectivity index (χ3v) is 3.16. The SMILES string of the molecule is CCC1=CC[C-]=C1C.CCC1=CC[C-]=C1C.[Cl][Ti][Cl].